The van der Waals surface area contributed by atoms with E-state index >= 15 is 0 Å². The van der Waals surface area contributed by atoms with Crippen molar-refractivity contribution < 1.29 is 9.21 Å². The summed E-state index contributed by atoms with van der Waals surface area (Å²) in [6.45, 7) is 1.97. The smallest absolute Gasteiger partial charge is 0.293 e. The highest BCUT2D eigenvalue weighted by atomic mass is 32.1. The van der Waals surface area contributed by atoms with Crippen molar-refractivity contribution in [2.75, 3.05) is 0 Å². The first-order valence-corrected chi connectivity index (χ1v) is 6.28. The molecule has 5 heteroatoms. The van der Waals surface area contributed by atoms with Crippen LogP contribution in [0.2, 0.25) is 0 Å². The summed E-state index contributed by atoms with van der Waals surface area (Å²) in [7, 11) is 0. The molecule has 0 aliphatic heterocycles. The first kappa shape index (κ1) is 13.3. The van der Waals surface area contributed by atoms with Gasteiger partial charge in [-0.15, -0.1) is 0 Å². The topological polar surface area (TPSA) is 54.3 Å². The fourth-order valence-electron chi connectivity index (χ4n) is 1.63. The summed E-state index contributed by atoms with van der Waals surface area (Å²) < 4.78 is 4.99. The molecule has 0 spiro atoms. The van der Waals surface area contributed by atoms with E-state index in [0.717, 1.165) is 5.56 Å². The molecule has 1 amide bonds. The summed E-state index contributed by atoms with van der Waals surface area (Å²) in [5, 5.41) is 5.89. The van der Waals surface area contributed by atoms with Crippen molar-refractivity contribution in [1.29, 1.82) is 0 Å². The number of hydrogen-bond acceptors (Lipinski definition) is 3. The number of amides is 1. The molecular formula is C14H14N2O2S. The van der Waals surface area contributed by atoms with Crippen LogP contribution in [0.25, 0.3) is 0 Å². The standard InChI is InChI=1S/C14H14N2O2S/c1-10(11-6-3-2-4-7-11)15-14(19)16-13(17)12-8-5-9-18-12/h2-10H,1H3,(H2,15,16,17,19). The second-order valence-corrected chi connectivity index (χ2v) is 4.45. The Balaban J connectivity index is 1.90. The van der Waals surface area contributed by atoms with Crippen molar-refractivity contribution in [2.45, 2.75) is 13.0 Å². The lowest BCUT2D eigenvalue weighted by molar-refractivity contribution is 0.0949. The Morgan fingerprint density at radius 1 is 1.21 bits per heavy atom. The molecule has 1 unspecified atom stereocenters. The molecular weight excluding hydrogens is 260 g/mol. The number of nitrogens with one attached hydrogen (secondary N) is 2. The highest BCUT2D eigenvalue weighted by molar-refractivity contribution is 7.80. The van der Waals surface area contributed by atoms with Gasteiger partial charge in [-0.05, 0) is 36.8 Å². The summed E-state index contributed by atoms with van der Waals surface area (Å²) in [4.78, 5) is 11.7. The average molecular weight is 274 g/mol. The van der Waals surface area contributed by atoms with Crippen LogP contribution in [0.4, 0.5) is 0 Å². The molecule has 4 nitrogen and oxygen atoms in total. The largest absolute Gasteiger partial charge is 0.459 e. The predicted octanol–water partition coefficient (Wildman–Crippen LogP) is 2.65. The van der Waals surface area contributed by atoms with Crippen molar-refractivity contribution in [3.63, 3.8) is 0 Å². The van der Waals surface area contributed by atoms with Crippen molar-refractivity contribution in [3.05, 3.63) is 60.1 Å². The zero-order valence-electron chi connectivity index (χ0n) is 10.4. The van der Waals surface area contributed by atoms with Crippen LogP contribution in [0.3, 0.4) is 0 Å². The predicted molar refractivity (Wildman–Crippen MR) is 76.8 cm³/mol. The van der Waals surface area contributed by atoms with Gasteiger partial charge in [0.1, 0.15) is 0 Å². The number of rotatable bonds is 3. The third kappa shape index (κ3) is 3.66. The molecule has 0 radical (unpaired) electrons. The summed E-state index contributed by atoms with van der Waals surface area (Å²) in [5.74, 6) is -0.126. The fourth-order valence-corrected chi connectivity index (χ4v) is 1.90. The van der Waals surface area contributed by atoms with Crippen LogP contribution >= 0.6 is 12.2 Å². The molecule has 0 fully saturated rings. The van der Waals surface area contributed by atoms with Gasteiger partial charge in [-0.2, -0.15) is 0 Å². The minimum Gasteiger partial charge on any atom is -0.459 e. The quantitative estimate of drug-likeness (QED) is 0.845. The summed E-state index contributed by atoms with van der Waals surface area (Å²) >= 11 is 5.10. The van der Waals surface area contributed by atoms with Gasteiger partial charge in [0.25, 0.3) is 5.91 Å². The van der Waals surface area contributed by atoms with Gasteiger partial charge < -0.3 is 9.73 Å². The Bertz CT molecular complexity index is 552. The van der Waals surface area contributed by atoms with Crippen molar-refractivity contribution >= 4 is 23.2 Å². The lowest BCUT2D eigenvalue weighted by Crippen LogP contribution is -2.40. The Kier molecular flexibility index (Phi) is 4.30. The molecule has 2 aromatic rings. The second-order valence-electron chi connectivity index (χ2n) is 4.04. The lowest BCUT2D eigenvalue weighted by Gasteiger charge is -2.16. The lowest BCUT2D eigenvalue weighted by atomic mass is 10.1. The normalized spacial score (nSPS) is 11.6. The first-order valence-electron chi connectivity index (χ1n) is 5.87. The Hall–Kier alpha value is -2.14. The van der Waals surface area contributed by atoms with Crippen LogP contribution in [0.15, 0.2) is 53.1 Å². The molecule has 19 heavy (non-hydrogen) atoms. The van der Waals surface area contributed by atoms with Crippen molar-refractivity contribution in [3.8, 4) is 0 Å². The van der Waals surface area contributed by atoms with E-state index in [-0.39, 0.29) is 22.8 Å². The number of carbonyl (C=O) groups excluding carboxylic acids is 1. The summed E-state index contributed by atoms with van der Waals surface area (Å²) in [6.07, 6.45) is 1.44. The third-order valence-corrected chi connectivity index (χ3v) is 2.84. The first-order chi connectivity index (χ1) is 9.16. The maximum atomic E-state index is 11.7. The van der Waals surface area contributed by atoms with E-state index in [4.69, 9.17) is 16.6 Å². The van der Waals surface area contributed by atoms with Crippen LogP contribution in [0.5, 0.6) is 0 Å². The van der Waals surface area contributed by atoms with Gasteiger partial charge in [0.2, 0.25) is 0 Å². The van der Waals surface area contributed by atoms with E-state index in [1.807, 2.05) is 37.3 Å². The monoisotopic (exact) mass is 274 g/mol. The fraction of sp³-hybridized carbons (Fsp3) is 0.143. The zero-order valence-corrected chi connectivity index (χ0v) is 11.2. The van der Waals surface area contributed by atoms with E-state index in [1.54, 1.807) is 12.1 Å². The van der Waals surface area contributed by atoms with Gasteiger partial charge in [-0.1, -0.05) is 30.3 Å². The molecule has 0 saturated carbocycles. The Morgan fingerprint density at radius 2 is 1.95 bits per heavy atom. The van der Waals surface area contributed by atoms with Crippen LogP contribution in [-0.2, 0) is 0 Å². The van der Waals surface area contributed by atoms with Crippen LogP contribution in [0.1, 0.15) is 29.1 Å². The molecule has 2 rings (SSSR count). The zero-order chi connectivity index (χ0) is 13.7. The number of carbonyl (C=O) groups is 1. The van der Waals surface area contributed by atoms with Gasteiger partial charge >= 0.3 is 0 Å². The van der Waals surface area contributed by atoms with E-state index < -0.39 is 0 Å². The molecule has 0 aliphatic rings. The molecule has 1 heterocycles. The van der Waals surface area contributed by atoms with E-state index in [1.165, 1.54) is 6.26 Å². The number of benzene rings is 1. The molecule has 1 aromatic heterocycles. The molecule has 1 aromatic carbocycles. The number of hydrogen-bond donors (Lipinski definition) is 2. The average Bonchev–Trinajstić information content (AvgIpc) is 2.93. The number of furan rings is 1. The Morgan fingerprint density at radius 3 is 2.58 bits per heavy atom. The highest BCUT2D eigenvalue weighted by Gasteiger charge is 2.12. The SMILES string of the molecule is CC(NC(=S)NC(=O)c1ccco1)c1ccccc1. The van der Waals surface area contributed by atoms with Gasteiger partial charge in [-0.25, -0.2) is 0 Å². The second kappa shape index (κ2) is 6.15. The van der Waals surface area contributed by atoms with E-state index in [9.17, 15) is 4.79 Å². The van der Waals surface area contributed by atoms with E-state index in [0.29, 0.717) is 0 Å². The van der Waals surface area contributed by atoms with E-state index in [2.05, 4.69) is 10.6 Å². The third-order valence-electron chi connectivity index (χ3n) is 2.62. The Labute approximate surface area is 116 Å². The maximum absolute atomic E-state index is 11.7. The highest BCUT2D eigenvalue weighted by Crippen LogP contribution is 2.10. The van der Waals surface area contributed by atoms with Crippen molar-refractivity contribution in [2.24, 2.45) is 0 Å². The molecule has 0 bridgehead atoms. The minimum atomic E-state index is -0.359. The van der Waals surface area contributed by atoms with Crippen LogP contribution < -0.4 is 10.6 Å². The minimum absolute atomic E-state index is 0.0191. The molecule has 1 atom stereocenters. The van der Waals surface area contributed by atoms with Crippen LogP contribution in [0, 0.1) is 0 Å². The molecule has 0 saturated heterocycles. The molecule has 0 aliphatic carbocycles. The maximum Gasteiger partial charge on any atom is 0.293 e. The van der Waals surface area contributed by atoms with Crippen LogP contribution in [-0.4, -0.2) is 11.0 Å². The summed E-state index contributed by atoms with van der Waals surface area (Å²) in [6, 6.07) is 13.1. The number of thiocarbonyl (C=S) groups is 1. The van der Waals surface area contributed by atoms with Gasteiger partial charge in [0, 0.05) is 0 Å². The van der Waals surface area contributed by atoms with Gasteiger partial charge in [0.15, 0.2) is 10.9 Å². The molecule has 98 valence electrons. The summed E-state index contributed by atoms with van der Waals surface area (Å²) in [5.41, 5.74) is 1.09. The molecule has 2 N–H and O–H groups in total. The van der Waals surface area contributed by atoms with Crippen molar-refractivity contribution in [1.82, 2.24) is 10.6 Å². The van der Waals surface area contributed by atoms with Gasteiger partial charge in [0.05, 0.1) is 12.3 Å². The van der Waals surface area contributed by atoms with Gasteiger partial charge in [-0.3, -0.25) is 10.1 Å².